The summed E-state index contributed by atoms with van der Waals surface area (Å²) in [5, 5.41) is 9.63. The van der Waals surface area contributed by atoms with Gasteiger partial charge in [-0.2, -0.15) is 5.26 Å². The Morgan fingerprint density at radius 2 is 2.20 bits per heavy atom. The van der Waals surface area contributed by atoms with Crippen LogP contribution in [0.25, 0.3) is 10.9 Å². The number of ether oxygens (including phenoxy) is 1. The predicted molar refractivity (Wildman–Crippen MR) is 75.0 cm³/mol. The minimum absolute atomic E-state index is 0.0639. The molecule has 3 aromatic rings. The number of nitriles is 1. The van der Waals surface area contributed by atoms with Crippen molar-refractivity contribution in [3.8, 4) is 17.6 Å². The summed E-state index contributed by atoms with van der Waals surface area (Å²) in [7, 11) is 0. The fourth-order valence-corrected chi connectivity index (χ4v) is 2.48. The van der Waals surface area contributed by atoms with Crippen LogP contribution in [0.2, 0.25) is 0 Å². The van der Waals surface area contributed by atoms with E-state index in [1.807, 2.05) is 12.1 Å². The third-order valence-corrected chi connectivity index (χ3v) is 3.55. The maximum Gasteiger partial charge on any atom is 0.178 e. The Bertz CT molecular complexity index is 838. The molecule has 0 saturated heterocycles. The summed E-state index contributed by atoms with van der Waals surface area (Å²) in [6.07, 6.45) is 4.55. The van der Waals surface area contributed by atoms with Gasteiger partial charge in [0.05, 0.1) is 16.2 Å². The average molecular weight is 332 g/mol. The molecule has 0 bridgehead atoms. The molecule has 0 saturated carbocycles. The molecule has 0 aliphatic heterocycles. The summed E-state index contributed by atoms with van der Waals surface area (Å²) >= 11 is 3.33. The van der Waals surface area contributed by atoms with Crippen molar-refractivity contribution >= 4 is 26.8 Å². The Hall–Kier alpha value is -2.39. The second-order valence-corrected chi connectivity index (χ2v) is 4.86. The Morgan fingerprint density at radius 3 is 3.00 bits per heavy atom. The average Bonchev–Trinajstić information content (AvgIpc) is 2.92. The molecule has 0 amide bonds. The molecule has 3 rings (SSSR count). The van der Waals surface area contributed by atoms with Gasteiger partial charge in [-0.05, 0) is 22.0 Å². The number of hydrogen-bond acceptors (Lipinski definition) is 3. The minimum Gasteiger partial charge on any atom is -0.451 e. The van der Waals surface area contributed by atoms with Crippen molar-refractivity contribution in [2.75, 3.05) is 0 Å². The van der Waals surface area contributed by atoms with E-state index in [0.717, 1.165) is 5.39 Å². The number of H-pyrrole nitrogens is 1. The van der Waals surface area contributed by atoms with E-state index in [9.17, 15) is 4.39 Å². The number of fused-ring (bicyclic) bond motifs is 1. The van der Waals surface area contributed by atoms with Gasteiger partial charge >= 0.3 is 0 Å². The first kappa shape index (κ1) is 12.6. The second-order valence-electron chi connectivity index (χ2n) is 4.06. The Kier molecular flexibility index (Phi) is 3.12. The van der Waals surface area contributed by atoms with Crippen molar-refractivity contribution in [1.82, 2.24) is 9.97 Å². The number of pyridine rings is 1. The highest BCUT2D eigenvalue weighted by Gasteiger charge is 2.15. The summed E-state index contributed by atoms with van der Waals surface area (Å²) in [5.74, 6) is -0.137. The van der Waals surface area contributed by atoms with Gasteiger partial charge in [0.2, 0.25) is 0 Å². The van der Waals surface area contributed by atoms with Crippen molar-refractivity contribution in [3.63, 3.8) is 0 Å². The fraction of sp³-hybridized carbons (Fsp3) is 0. The van der Waals surface area contributed by atoms with Crippen molar-refractivity contribution in [2.24, 2.45) is 0 Å². The van der Waals surface area contributed by atoms with Gasteiger partial charge < -0.3 is 9.72 Å². The van der Waals surface area contributed by atoms with E-state index in [2.05, 4.69) is 25.9 Å². The first-order valence-corrected chi connectivity index (χ1v) is 6.46. The number of hydrogen-bond donors (Lipinski definition) is 1. The highest BCUT2D eigenvalue weighted by atomic mass is 79.9. The molecule has 0 atom stereocenters. The summed E-state index contributed by atoms with van der Waals surface area (Å²) in [4.78, 5) is 6.80. The van der Waals surface area contributed by atoms with Gasteiger partial charge in [-0.1, -0.05) is 0 Å². The zero-order valence-electron chi connectivity index (χ0n) is 10.0. The largest absolute Gasteiger partial charge is 0.451 e. The fourth-order valence-electron chi connectivity index (χ4n) is 1.86. The molecule has 0 aliphatic rings. The lowest BCUT2D eigenvalue weighted by molar-refractivity contribution is 0.439. The Labute approximate surface area is 122 Å². The number of benzene rings is 1. The van der Waals surface area contributed by atoms with E-state index in [1.165, 1.54) is 24.5 Å². The number of nitrogens with zero attached hydrogens (tertiary/aromatic N) is 2. The van der Waals surface area contributed by atoms with E-state index in [-0.39, 0.29) is 5.75 Å². The molecule has 2 heterocycles. The standard InChI is InChI=1S/C14H7BrFN3O/c15-13-10-1-2-19-12(10)4-11(16)14(13)20-9-3-8(5-17)6-18-7-9/h1-4,6-7,19H. The van der Waals surface area contributed by atoms with Crippen molar-refractivity contribution in [3.05, 3.63) is 52.6 Å². The molecule has 98 valence electrons. The Morgan fingerprint density at radius 1 is 1.35 bits per heavy atom. The third-order valence-electron chi connectivity index (χ3n) is 2.76. The summed E-state index contributed by atoms with van der Waals surface area (Å²) in [5.41, 5.74) is 1.02. The molecule has 0 aliphatic carbocycles. The van der Waals surface area contributed by atoms with Gasteiger partial charge in [0.1, 0.15) is 11.8 Å². The molecule has 2 aromatic heterocycles. The predicted octanol–water partition coefficient (Wildman–Crippen LogP) is 4.13. The summed E-state index contributed by atoms with van der Waals surface area (Å²) in [6.45, 7) is 0. The molecule has 20 heavy (non-hydrogen) atoms. The normalized spacial score (nSPS) is 10.4. The maximum atomic E-state index is 14.1. The third kappa shape index (κ3) is 2.12. The summed E-state index contributed by atoms with van der Waals surface area (Å²) < 4.78 is 20.1. The lowest BCUT2D eigenvalue weighted by Gasteiger charge is -2.09. The van der Waals surface area contributed by atoms with Gasteiger partial charge in [0, 0.05) is 35.4 Å². The van der Waals surface area contributed by atoms with Crippen LogP contribution in [0.4, 0.5) is 4.39 Å². The molecular weight excluding hydrogens is 325 g/mol. The molecule has 0 spiro atoms. The van der Waals surface area contributed by atoms with Crippen LogP contribution in [-0.4, -0.2) is 9.97 Å². The second kappa shape index (κ2) is 4.94. The van der Waals surface area contributed by atoms with Crippen molar-refractivity contribution < 1.29 is 9.13 Å². The molecular formula is C14H7BrFN3O. The number of aromatic amines is 1. The van der Waals surface area contributed by atoms with Gasteiger partial charge in [0.25, 0.3) is 0 Å². The van der Waals surface area contributed by atoms with Crippen LogP contribution in [0, 0.1) is 17.1 Å². The van der Waals surface area contributed by atoms with E-state index in [0.29, 0.717) is 21.3 Å². The smallest absolute Gasteiger partial charge is 0.178 e. The van der Waals surface area contributed by atoms with Crippen LogP contribution in [0.15, 0.2) is 41.3 Å². The lowest BCUT2D eigenvalue weighted by Crippen LogP contribution is -1.92. The summed E-state index contributed by atoms with van der Waals surface area (Å²) in [6, 6.07) is 6.63. The molecule has 4 nitrogen and oxygen atoms in total. The van der Waals surface area contributed by atoms with Crippen LogP contribution in [-0.2, 0) is 0 Å². The molecule has 1 aromatic carbocycles. The van der Waals surface area contributed by atoms with Crippen LogP contribution < -0.4 is 4.74 Å². The molecule has 0 fully saturated rings. The van der Waals surface area contributed by atoms with Crippen LogP contribution >= 0.6 is 15.9 Å². The molecule has 0 radical (unpaired) electrons. The molecule has 0 unspecified atom stereocenters. The van der Waals surface area contributed by atoms with Crippen LogP contribution in [0.5, 0.6) is 11.5 Å². The quantitative estimate of drug-likeness (QED) is 0.768. The number of aromatic nitrogens is 2. The number of rotatable bonds is 2. The van der Waals surface area contributed by atoms with E-state index in [4.69, 9.17) is 10.00 Å². The van der Waals surface area contributed by atoms with Gasteiger partial charge in [-0.3, -0.25) is 4.98 Å². The van der Waals surface area contributed by atoms with Crippen molar-refractivity contribution in [2.45, 2.75) is 0 Å². The van der Waals surface area contributed by atoms with Gasteiger partial charge in [-0.15, -0.1) is 0 Å². The van der Waals surface area contributed by atoms with Crippen LogP contribution in [0.3, 0.4) is 0 Å². The highest BCUT2D eigenvalue weighted by Crippen LogP contribution is 2.37. The monoisotopic (exact) mass is 331 g/mol. The van der Waals surface area contributed by atoms with Gasteiger partial charge in [0.15, 0.2) is 11.6 Å². The lowest BCUT2D eigenvalue weighted by atomic mass is 10.2. The molecule has 1 N–H and O–H groups in total. The topological polar surface area (TPSA) is 61.7 Å². The zero-order chi connectivity index (χ0) is 14.1. The van der Waals surface area contributed by atoms with Gasteiger partial charge in [-0.25, -0.2) is 4.39 Å². The van der Waals surface area contributed by atoms with E-state index < -0.39 is 5.82 Å². The van der Waals surface area contributed by atoms with E-state index >= 15 is 0 Å². The number of halogens is 2. The highest BCUT2D eigenvalue weighted by molar-refractivity contribution is 9.10. The van der Waals surface area contributed by atoms with Crippen LogP contribution in [0.1, 0.15) is 5.56 Å². The minimum atomic E-state index is -0.505. The van der Waals surface area contributed by atoms with E-state index in [1.54, 1.807) is 6.20 Å². The number of nitrogens with one attached hydrogen (secondary N) is 1. The first-order chi connectivity index (χ1) is 9.69. The van der Waals surface area contributed by atoms with Crippen molar-refractivity contribution in [1.29, 1.82) is 5.26 Å². The zero-order valence-corrected chi connectivity index (χ0v) is 11.6. The molecule has 6 heteroatoms. The SMILES string of the molecule is N#Cc1cncc(Oc2c(F)cc3[nH]ccc3c2Br)c1. The maximum absolute atomic E-state index is 14.1. The first-order valence-electron chi connectivity index (χ1n) is 5.67. The Balaban J connectivity index is 2.08.